The summed E-state index contributed by atoms with van der Waals surface area (Å²) in [4.78, 5) is -0.889. The lowest BCUT2D eigenvalue weighted by atomic mass is 9.78. The molecule has 0 spiro atoms. The van der Waals surface area contributed by atoms with Crippen LogP contribution in [0.3, 0.4) is 0 Å². The van der Waals surface area contributed by atoms with Crippen LogP contribution in [0.25, 0.3) is 0 Å². The molecule has 0 aromatic rings. The zero-order valence-corrected chi connectivity index (χ0v) is 15.9. The van der Waals surface area contributed by atoms with Crippen molar-refractivity contribution in [3.8, 4) is 0 Å². The number of alkyl halides is 2. The van der Waals surface area contributed by atoms with Gasteiger partial charge >= 0.3 is 0 Å². The molecular formula is C15H22Cl4N2. The Hall–Kier alpha value is 0.400. The van der Waals surface area contributed by atoms with Gasteiger partial charge in [-0.2, -0.15) is 4.42 Å². The fraction of sp³-hybridized carbons (Fsp3) is 0.733. The predicted octanol–water partition coefficient (Wildman–Crippen LogP) is 6.19. The number of fused-ring (bicyclic) bond motifs is 1. The molecule has 1 aliphatic carbocycles. The quantitative estimate of drug-likeness (QED) is 0.330. The number of halogens is 4. The number of rotatable bonds is 4. The Bertz CT molecular complexity index is 490. The maximum absolute atomic E-state index is 7.02. The average molecular weight is 372 g/mol. The van der Waals surface area contributed by atoms with Gasteiger partial charge in [0.25, 0.3) is 0 Å². The summed E-state index contributed by atoms with van der Waals surface area (Å²) < 4.78 is 3.03. The molecule has 0 amide bonds. The van der Waals surface area contributed by atoms with E-state index < -0.39 is 10.1 Å². The Morgan fingerprint density at radius 2 is 1.71 bits per heavy atom. The molecule has 21 heavy (non-hydrogen) atoms. The minimum Gasteiger partial charge on any atom is -0.251 e. The Morgan fingerprint density at radius 3 is 2.14 bits per heavy atom. The van der Waals surface area contributed by atoms with Gasteiger partial charge in [-0.25, -0.2) is 0 Å². The van der Waals surface area contributed by atoms with Crippen LogP contribution in [0.4, 0.5) is 0 Å². The Labute approximate surface area is 147 Å². The first-order chi connectivity index (χ1) is 9.82. The van der Waals surface area contributed by atoms with E-state index in [0.29, 0.717) is 6.42 Å². The molecule has 0 radical (unpaired) electrons. The summed E-state index contributed by atoms with van der Waals surface area (Å²) in [6.07, 6.45) is 5.42. The van der Waals surface area contributed by atoms with Crippen LogP contribution in [-0.2, 0) is 0 Å². The summed E-state index contributed by atoms with van der Waals surface area (Å²) in [6, 6.07) is 0. The van der Waals surface area contributed by atoms with Gasteiger partial charge in [-0.1, -0.05) is 56.5 Å². The molecule has 0 aromatic carbocycles. The molecule has 2 rings (SSSR count). The minimum atomic E-state index is -1.01. The predicted molar refractivity (Wildman–Crippen MR) is 92.3 cm³/mol. The fourth-order valence-corrected chi connectivity index (χ4v) is 5.22. The van der Waals surface area contributed by atoms with Crippen molar-refractivity contribution < 1.29 is 0 Å². The molecule has 2 aliphatic rings. The van der Waals surface area contributed by atoms with Gasteiger partial charge in [-0.05, 0) is 49.1 Å². The van der Waals surface area contributed by atoms with E-state index in [2.05, 4.69) is 26.8 Å². The number of hydrogen-bond donors (Lipinski definition) is 0. The summed E-state index contributed by atoms with van der Waals surface area (Å²) in [5.74, 6) is 0.102. The van der Waals surface area contributed by atoms with E-state index in [4.69, 9.17) is 46.8 Å². The zero-order valence-electron chi connectivity index (χ0n) is 12.9. The average Bonchev–Trinajstić information content (AvgIpc) is 2.64. The summed E-state index contributed by atoms with van der Waals surface area (Å²) >= 11 is 26.8. The highest BCUT2D eigenvalue weighted by atomic mass is 35.5. The molecule has 3 atom stereocenters. The molecule has 0 aromatic heterocycles. The van der Waals surface area contributed by atoms with Crippen molar-refractivity contribution in [2.75, 3.05) is 0 Å². The van der Waals surface area contributed by atoms with E-state index in [1.165, 1.54) is 20.0 Å². The highest BCUT2D eigenvalue weighted by Crippen LogP contribution is 2.60. The highest BCUT2D eigenvalue weighted by Gasteiger charge is 2.64. The van der Waals surface area contributed by atoms with Crippen LogP contribution in [-0.4, -0.2) is 19.0 Å². The molecular weight excluding hydrogens is 350 g/mol. The summed E-state index contributed by atoms with van der Waals surface area (Å²) in [5, 5.41) is -1.01. The van der Waals surface area contributed by atoms with Crippen molar-refractivity contribution in [3.63, 3.8) is 0 Å². The van der Waals surface area contributed by atoms with E-state index in [0.717, 1.165) is 25.0 Å². The van der Waals surface area contributed by atoms with Crippen molar-refractivity contribution >= 4 is 46.8 Å². The molecule has 1 fully saturated rings. The molecule has 2 nitrogen and oxygen atoms in total. The van der Waals surface area contributed by atoms with Crippen molar-refractivity contribution in [1.82, 2.24) is 8.84 Å². The topological polar surface area (TPSA) is 6.48 Å². The van der Waals surface area contributed by atoms with Gasteiger partial charge in [0.05, 0.1) is 5.70 Å². The second-order valence-electron chi connectivity index (χ2n) is 5.56. The van der Waals surface area contributed by atoms with Crippen LogP contribution in [0.1, 0.15) is 53.4 Å². The number of nitrogens with zero attached hydrogens (tertiary/aromatic N) is 2. The lowest BCUT2D eigenvalue weighted by molar-refractivity contribution is 0.186. The smallest absolute Gasteiger partial charge is 0.199 e. The van der Waals surface area contributed by atoms with Gasteiger partial charge in [-0.3, -0.25) is 4.42 Å². The van der Waals surface area contributed by atoms with Crippen LogP contribution in [0, 0.1) is 5.92 Å². The van der Waals surface area contributed by atoms with Gasteiger partial charge in [0.2, 0.25) is 0 Å². The first-order valence-electron chi connectivity index (χ1n) is 7.56. The van der Waals surface area contributed by atoms with Crippen LogP contribution in [0.15, 0.2) is 22.9 Å². The van der Waals surface area contributed by atoms with Gasteiger partial charge in [0, 0.05) is 17.7 Å². The molecule has 0 N–H and O–H groups in total. The van der Waals surface area contributed by atoms with Crippen molar-refractivity contribution in [2.45, 2.75) is 63.5 Å². The van der Waals surface area contributed by atoms with Crippen molar-refractivity contribution in [1.29, 1.82) is 0 Å². The standard InChI is InChI=1S/C15H22Cl4N2/c1-5-10-9-13-15(17,12(7-3)11(10)6-2)21(19)14(16,8-4)20(13)18/h9,12H,5-8H2,1-4H3. The fourth-order valence-electron chi connectivity index (χ4n) is 3.53. The largest absolute Gasteiger partial charge is 0.251 e. The molecule has 6 heteroatoms. The SMILES string of the molecule is CCC1=C(CC)C(CC)C2(Cl)C(=C1)N(Cl)C(Cl)(CC)N2Cl. The van der Waals surface area contributed by atoms with Crippen LogP contribution in [0.2, 0.25) is 0 Å². The Kier molecular flexibility index (Phi) is 5.18. The van der Waals surface area contributed by atoms with Crippen molar-refractivity contribution in [3.05, 3.63) is 22.9 Å². The van der Waals surface area contributed by atoms with E-state index in [9.17, 15) is 0 Å². The second kappa shape index (κ2) is 6.13. The van der Waals surface area contributed by atoms with Gasteiger partial charge in [0.1, 0.15) is 0 Å². The lowest BCUT2D eigenvalue weighted by Crippen LogP contribution is -2.49. The van der Waals surface area contributed by atoms with Gasteiger partial charge in [0.15, 0.2) is 10.1 Å². The van der Waals surface area contributed by atoms with Gasteiger partial charge < -0.3 is 0 Å². The summed E-state index contributed by atoms with van der Waals surface area (Å²) in [5.41, 5.74) is 3.44. The molecule has 0 saturated carbocycles. The van der Waals surface area contributed by atoms with Crippen LogP contribution >= 0.6 is 46.8 Å². The zero-order chi connectivity index (χ0) is 16.0. The molecule has 1 heterocycles. The Morgan fingerprint density at radius 1 is 1.10 bits per heavy atom. The number of allylic oxidation sites excluding steroid dienone is 2. The van der Waals surface area contributed by atoms with E-state index >= 15 is 0 Å². The number of hydrogen-bond acceptors (Lipinski definition) is 2. The van der Waals surface area contributed by atoms with E-state index in [1.807, 2.05) is 6.92 Å². The third-order valence-corrected chi connectivity index (χ3v) is 7.18. The van der Waals surface area contributed by atoms with E-state index in [-0.39, 0.29) is 5.92 Å². The monoisotopic (exact) mass is 370 g/mol. The van der Waals surface area contributed by atoms with Crippen molar-refractivity contribution in [2.24, 2.45) is 5.92 Å². The Balaban J connectivity index is 2.66. The third-order valence-electron chi connectivity index (χ3n) is 4.68. The van der Waals surface area contributed by atoms with Crippen LogP contribution < -0.4 is 0 Å². The lowest BCUT2D eigenvalue weighted by Gasteiger charge is -2.41. The minimum absolute atomic E-state index is 0.102. The second-order valence-corrected chi connectivity index (χ2v) is 7.41. The maximum atomic E-state index is 7.02. The molecule has 0 bridgehead atoms. The molecule has 1 saturated heterocycles. The summed E-state index contributed by atoms with van der Waals surface area (Å²) in [6.45, 7) is 8.39. The molecule has 1 aliphatic heterocycles. The normalized spacial score (nSPS) is 37.0. The third kappa shape index (κ3) is 2.25. The first-order valence-corrected chi connectivity index (χ1v) is 8.99. The highest BCUT2D eigenvalue weighted by molar-refractivity contribution is 6.37. The van der Waals surface area contributed by atoms with E-state index in [1.54, 1.807) is 0 Å². The molecule has 3 unspecified atom stereocenters. The molecule has 120 valence electrons. The summed E-state index contributed by atoms with van der Waals surface area (Å²) in [7, 11) is 0. The first kappa shape index (κ1) is 17.7. The van der Waals surface area contributed by atoms with Gasteiger partial charge in [-0.15, -0.1) is 0 Å². The maximum Gasteiger partial charge on any atom is 0.199 e. The van der Waals surface area contributed by atoms with Crippen LogP contribution in [0.5, 0.6) is 0 Å².